The standard InChI is InChI=1S/C11H15BrN2O3S2/c1-8(11(15)14-6-2-3-7-14)13-19(16,17)10-5-4-9(12)18-10/h4-5,8,13H,2-3,6-7H2,1H3/t8-/m0/s1. The van der Waals surface area contributed by atoms with Crippen molar-refractivity contribution >= 4 is 43.2 Å². The zero-order chi connectivity index (χ0) is 14.0. The van der Waals surface area contributed by atoms with Crippen molar-refractivity contribution < 1.29 is 13.2 Å². The van der Waals surface area contributed by atoms with Crippen molar-refractivity contribution in [3.05, 3.63) is 15.9 Å². The molecule has 8 heteroatoms. The first kappa shape index (κ1) is 15.0. The number of likely N-dealkylation sites (tertiary alicyclic amines) is 1. The van der Waals surface area contributed by atoms with Gasteiger partial charge in [0.05, 0.1) is 9.83 Å². The minimum absolute atomic E-state index is 0.156. The molecule has 1 aliphatic heterocycles. The molecule has 106 valence electrons. The zero-order valence-electron chi connectivity index (χ0n) is 10.4. The Labute approximate surface area is 125 Å². The molecular formula is C11H15BrN2O3S2. The monoisotopic (exact) mass is 366 g/mol. The smallest absolute Gasteiger partial charge is 0.250 e. The molecule has 0 aromatic carbocycles. The molecule has 1 aromatic rings. The second-order valence-electron chi connectivity index (χ2n) is 4.43. The van der Waals surface area contributed by atoms with Crippen LogP contribution in [0.1, 0.15) is 19.8 Å². The van der Waals surface area contributed by atoms with Crippen LogP contribution in [0.4, 0.5) is 0 Å². The van der Waals surface area contributed by atoms with Gasteiger partial charge in [-0.1, -0.05) is 0 Å². The molecule has 5 nitrogen and oxygen atoms in total. The molecule has 0 saturated carbocycles. The molecule has 1 aromatic heterocycles. The molecular weight excluding hydrogens is 352 g/mol. The highest BCUT2D eigenvalue weighted by Crippen LogP contribution is 2.26. The summed E-state index contributed by atoms with van der Waals surface area (Å²) in [7, 11) is -3.62. The van der Waals surface area contributed by atoms with Crippen LogP contribution >= 0.6 is 27.3 Å². The van der Waals surface area contributed by atoms with Gasteiger partial charge in [-0.2, -0.15) is 4.72 Å². The summed E-state index contributed by atoms with van der Waals surface area (Å²) in [6.45, 7) is 3.02. The van der Waals surface area contributed by atoms with E-state index in [4.69, 9.17) is 0 Å². The molecule has 1 atom stereocenters. The summed E-state index contributed by atoms with van der Waals surface area (Å²) in [5, 5.41) is 0. The van der Waals surface area contributed by atoms with Crippen LogP contribution < -0.4 is 4.72 Å². The van der Waals surface area contributed by atoms with Gasteiger partial charge in [-0.3, -0.25) is 4.79 Å². The van der Waals surface area contributed by atoms with Crippen molar-refractivity contribution in [2.45, 2.75) is 30.0 Å². The Morgan fingerprint density at radius 1 is 1.42 bits per heavy atom. The number of sulfonamides is 1. The van der Waals surface area contributed by atoms with Gasteiger partial charge >= 0.3 is 0 Å². The molecule has 0 unspecified atom stereocenters. The maximum absolute atomic E-state index is 12.1. The van der Waals surface area contributed by atoms with E-state index in [-0.39, 0.29) is 10.1 Å². The Morgan fingerprint density at radius 3 is 2.58 bits per heavy atom. The summed E-state index contributed by atoms with van der Waals surface area (Å²) >= 11 is 4.35. The lowest BCUT2D eigenvalue weighted by atomic mass is 10.3. The van der Waals surface area contributed by atoms with Gasteiger partial charge in [-0.05, 0) is 47.8 Å². The number of nitrogens with one attached hydrogen (secondary N) is 1. The van der Waals surface area contributed by atoms with E-state index >= 15 is 0 Å². The molecule has 0 spiro atoms. The predicted octanol–water partition coefficient (Wildman–Crippen LogP) is 1.80. The van der Waals surface area contributed by atoms with Gasteiger partial charge in [0.25, 0.3) is 10.0 Å². The maximum Gasteiger partial charge on any atom is 0.250 e. The summed E-state index contributed by atoms with van der Waals surface area (Å²) in [6.07, 6.45) is 1.98. The number of halogens is 1. The molecule has 19 heavy (non-hydrogen) atoms. The third kappa shape index (κ3) is 3.56. The molecule has 0 aliphatic carbocycles. The number of nitrogens with zero attached hydrogens (tertiary/aromatic N) is 1. The van der Waals surface area contributed by atoms with Gasteiger partial charge in [-0.25, -0.2) is 8.42 Å². The number of carbonyl (C=O) groups is 1. The lowest BCUT2D eigenvalue weighted by molar-refractivity contribution is -0.131. The minimum Gasteiger partial charge on any atom is -0.341 e. The third-order valence-electron chi connectivity index (χ3n) is 2.93. The molecule has 1 fully saturated rings. The Morgan fingerprint density at radius 2 is 2.05 bits per heavy atom. The molecule has 0 bridgehead atoms. The Balaban J connectivity index is 2.05. The normalized spacial score (nSPS) is 17.7. The summed E-state index contributed by atoms with van der Waals surface area (Å²) in [5.41, 5.74) is 0. The second kappa shape index (κ2) is 5.90. The highest BCUT2D eigenvalue weighted by atomic mass is 79.9. The van der Waals surface area contributed by atoms with Crippen molar-refractivity contribution in [2.75, 3.05) is 13.1 Å². The second-order valence-corrected chi connectivity index (χ2v) is 8.84. The molecule has 1 amide bonds. The Hall–Kier alpha value is -0.440. The minimum atomic E-state index is -3.62. The van der Waals surface area contributed by atoms with Crippen LogP contribution in [0.25, 0.3) is 0 Å². The van der Waals surface area contributed by atoms with Crippen molar-refractivity contribution in [3.8, 4) is 0 Å². The fraction of sp³-hybridized carbons (Fsp3) is 0.545. The summed E-state index contributed by atoms with van der Waals surface area (Å²) in [5.74, 6) is -0.156. The fourth-order valence-corrected chi connectivity index (χ4v) is 5.22. The van der Waals surface area contributed by atoms with Crippen LogP contribution in [-0.2, 0) is 14.8 Å². The van der Waals surface area contributed by atoms with Crippen molar-refractivity contribution in [1.82, 2.24) is 9.62 Å². The van der Waals surface area contributed by atoms with Crippen LogP contribution in [0, 0.1) is 0 Å². The van der Waals surface area contributed by atoms with Gasteiger partial charge in [0, 0.05) is 13.1 Å². The summed E-state index contributed by atoms with van der Waals surface area (Å²) in [6, 6.07) is 2.46. The predicted molar refractivity (Wildman–Crippen MR) is 77.6 cm³/mol. The number of amides is 1. The number of thiophene rings is 1. The van der Waals surface area contributed by atoms with Crippen LogP contribution in [0.5, 0.6) is 0 Å². The van der Waals surface area contributed by atoms with E-state index in [0.29, 0.717) is 0 Å². The topological polar surface area (TPSA) is 66.5 Å². The van der Waals surface area contributed by atoms with Crippen LogP contribution in [-0.4, -0.2) is 38.4 Å². The third-order valence-corrected chi connectivity index (χ3v) is 6.59. The van der Waals surface area contributed by atoms with E-state index in [0.717, 1.165) is 41.1 Å². The van der Waals surface area contributed by atoms with Crippen LogP contribution in [0.3, 0.4) is 0 Å². The number of hydrogen-bond donors (Lipinski definition) is 1. The number of carbonyl (C=O) groups excluding carboxylic acids is 1. The molecule has 2 heterocycles. The first-order valence-corrected chi connectivity index (χ1v) is 9.06. The van der Waals surface area contributed by atoms with E-state index in [1.54, 1.807) is 17.9 Å². The zero-order valence-corrected chi connectivity index (χ0v) is 13.6. The number of hydrogen-bond acceptors (Lipinski definition) is 4. The molecule has 1 N–H and O–H groups in total. The van der Waals surface area contributed by atoms with Gasteiger partial charge in [0.2, 0.25) is 5.91 Å². The quantitative estimate of drug-likeness (QED) is 0.883. The lowest BCUT2D eigenvalue weighted by Gasteiger charge is -2.20. The van der Waals surface area contributed by atoms with E-state index in [1.807, 2.05) is 0 Å². The van der Waals surface area contributed by atoms with E-state index < -0.39 is 16.1 Å². The first-order valence-electron chi connectivity index (χ1n) is 5.96. The molecule has 1 saturated heterocycles. The van der Waals surface area contributed by atoms with Crippen molar-refractivity contribution in [3.63, 3.8) is 0 Å². The van der Waals surface area contributed by atoms with E-state index in [9.17, 15) is 13.2 Å². The largest absolute Gasteiger partial charge is 0.341 e. The fourth-order valence-electron chi connectivity index (χ4n) is 1.99. The van der Waals surface area contributed by atoms with Crippen LogP contribution in [0.2, 0.25) is 0 Å². The van der Waals surface area contributed by atoms with E-state index in [2.05, 4.69) is 20.7 Å². The Bertz CT molecular complexity index is 564. The number of rotatable bonds is 4. The first-order chi connectivity index (χ1) is 8.90. The van der Waals surface area contributed by atoms with Crippen LogP contribution in [0.15, 0.2) is 20.1 Å². The van der Waals surface area contributed by atoms with Crippen molar-refractivity contribution in [2.24, 2.45) is 0 Å². The SMILES string of the molecule is C[C@H](NS(=O)(=O)c1ccc(Br)s1)C(=O)N1CCCC1. The average Bonchev–Trinajstić information content (AvgIpc) is 2.97. The summed E-state index contributed by atoms with van der Waals surface area (Å²) < 4.78 is 27.5. The highest BCUT2D eigenvalue weighted by Gasteiger charge is 2.27. The summed E-state index contributed by atoms with van der Waals surface area (Å²) in [4.78, 5) is 13.8. The van der Waals surface area contributed by atoms with Gasteiger partial charge < -0.3 is 4.90 Å². The van der Waals surface area contributed by atoms with E-state index in [1.165, 1.54) is 6.07 Å². The van der Waals surface area contributed by atoms with Gasteiger partial charge in [0.1, 0.15) is 4.21 Å². The van der Waals surface area contributed by atoms with Gasteiger partial charge in [-0.15, -0.1) is 11.3 Å². The Kier molecular flexibility index (Phi) is 4.65. The van der Waals surface area contributed by atoms with Gasteiger partial charge in [0.15, 0.2) is 0 Å². The molecule has 1 aliphatic rings. The highest BCUT2D eigenvalue weighted by molar-refractivity contribution is 9.11. The molecule has 2 rings (SSSR count). The maximum atomic E-state index is 12.1. The molecule has 0 radical (unpaired) electrons. The lowest BCUT2D eigenvalue weighted by Crippen LogP contribution is -2.45. The van der Waals surface area contributed by atoms with Crippen molar-refractivity contribution in [1.29, 1.82) is 0 Å². The average molecular weight is 367 g/mol.